The predicted molar refractivity (Wildman–Crippen MR) is 66.9 cm³/mol. The fraction of sp³-hybridized carbons (Fsp3) is 0.846. The van der Waals surface area contributed by atoms with Gasteiger partial charge < -0.3 is 15.7 Å². The Morgan fingerprint density at radius 3 is 2.67 bits per heavy atom. The largest absolute Gasteiger partial charge is 0.481 e. The van der Waals surface area contributed by atoms with Gasteiger partial charge in [-0.3, -0.25) is 9.59 Å². The minimum atomic E-state index is -0.791. The summed E-state index contributed by atoms with van der Waals surface area (Å²) in [6.07, 6.45) is 3.82. The highest BCUT2D eigenvalue weighted by molar-refractivity contribution is 5.87. The van der Waals surface area contributed by atoms with Crippen molar-refractivity contribution in [1.82, 2.24) is 4.90 Å². The third-order valence-electron chi connectivity index (χ3n) is 4.17. The first kappa shape index (κ1) is 13.3. The van der Waals surface area contributed by atoms with Gasteiger partial charge >= 0.3 is 5.97 Å². The van der Waals surface area contributed by atoms with E-state index >= 15 is 0 Å². The number of carbonyl (C=O) groups excluding carboxylic acids is 1. The van der Waals surface area contributed by atoms with Crippen molar-refractivity contribution in [3.05, 3.63) is 0 Å². The molecule has 2 fully saturated rings. The molecular formula is C13H22N2O3. The number of nitrogens with two attached hydrogens (primary N) is 1. The average molecular weight is 254 g/mol. The Balaban J connectivity index is 1.87. The molecule has 0 aromatic carbocycles. The van der Waals surface area contributed by atoms with Gasteiger partial charge in [-0.05, 0) is 18.8 Å². The van der Waals surface area contributed by atoms with Crippen molar-refractivity contribution in [2.45, 2.75) is 44.6 Å². The minimum Gasteiger partial charge on any atom is -0.481 e. The first-order valence-corrected chi connectivity index (χ1v) is 6.71. The molecule has 18 heavy (non-hydrogen) atoms. The van der Waals surface area contributed by atoms with E-state index in [0.717, 1.165) is 25.7 Å². The van der Waals surface area contributed by atoms with Crippen LogP contribution < -0.4 is 5.73 Å². The van der Waals surface area contributed by atoms with Gasteiger partial charge in [0, 0.05) is 19.0 Å². The van der Waals surface area contributed by atoms with Crippen LogP contribution in [-0.4, -0.2) is 40.5 Å². The van der Waals surface area contributed by atoms with Crippen molar-refractivity contribution in [2.75, 3.05) is 13.1 Å². The van der Waals surface area contributed by atoms with Crippen molar-refractivity contribution in [1.29, 1.82) is 0 Å². The second-order valence-corrected chi connectivity index (χ2v) is 6.03. The van der Waals surface area contributed by atoms with Crippen molar-refractivity contribution in [2.24, 2.45) is 17.6 Å². The maximum absolute atomic E-state index is 12.3. The molecule has 2 atom stereocenters. The molecule has 5 nitrogen and oxygen atoms in total. The Hall–Kier alpha value is -1.10. The van der Waals surface area contributed by atoms with E-state index in [4.69, 9.17) is 10.8 Å². The molecule has 2 rings (SSSR count). The molecule has 2 aliphatic rings. The Labute approximate surface area is 107 Å². The summed E-state index contributed by atoms with van der Waals surface area (Å²) in [5, 5.41) is 8.68. The molecule has 1 aliphatic carbocycles. The zero-order valence-corrected chi connectivity index (χ0v) is 10.9. The maximum atomic E-state index is 12.3. The van der Waals surface area contributed by atoms with E-state index in [0.29, 0.717) is 19.0 Å². The number of carboxylic acids is 1. The summed E-state index contributed by atoms with van der Waals surface area (Å²) in [6, 6.07) is 0. The highest BCUT2D eigenvalue weighted by atomic mass is 16.4. The summed E-state index contributed by atoms with van der Waals surface area (Å²) >= 11 is 0. The lowest BCUT2D eigenvalue weighted by atomic mass is 9.75. The fourth-order valence-electron chi connectivity index (χ4n) is 3.21. The molecule has 2 unspecified atom stereocenters. The van der Waals surface area contributed by atoms with Crippen LogP contribution in [0.15, 0.2) is 0 Å². The number of rotatable bonds is 3. The molecule has 5 heteroatoms. The quantitative estimate of drug-likeness (QED) is 0.781. The minimum absolute atomic E-state index is 0.0238. The van der Waals surface area contributed by atoms with Gasteiger partial charge in [0.1, 0.15) is 0 Å². The molecule has 1 aliphatic heterocycles. The lowest BCUT2D eigenvalue weighted by Gasteiger charge is -2.45. The maximum Gasteiger partial charge on any atom is 0.303 e. The fourth-order valence-corrected chi connectivity index (χ4v) is 3.21. The molecule has 3 N–H and O–H groups in total. The lowest BCUT2D eigenvalue weighted by molar-refractivity contribution is -0.149. The van der Waals surface area contributed by atoms with Gasteiger partial charge in [-0.2, -0.15) is 0 Å². The Morgan fingerprint density at radius 2 is 2.11 bits per heavy atom. The van der Waals surface area contributed by atoms with Crippen molar-refractivity contribution >= 4 is 11.9 Å². The predicted octanol–water partition coefficient (Wildman–Crippen LogP) is 0.827. The van der Waals surface area contributed by atoms with Crippen molar-refractivity contribution in [3.63, 3.8) is 0 Å². The smallest absolute Gasteiger partial charge is 0.303 e. The lowest BCUT2D eigenvalue weighted by Crippen LogP contribution is -2.62. The summed E-state index contributed by atoms with van der Waals surface area (Å²) < 4.78 is 0. The molecule has 1 saturated carbocycles. The normalized spacial score (nSPS) is 33.0. The average Bonchev–Trinajstić information content (AvgIpc) is 2.21. The van der Waals surface area contributed by atoms with E-state index in [2.05, 4.69) is 6.92 Å². The van der Waals surface area contributed by atoms with Gasteiger partial charge in [0.2, 0.25) is 5.91 Å². The molecule has 0 aromatic heterocycles. The number of hydrogen-bond donors (Lipinski definition) is 2. The van der Waals surface area contributed by atoms with E-state index in [9.17, 15) is 9.59 Å². The first-order valence-electron chi connectivity index (χ1n) is 6.71. The van der Waals surface area contributed by atoms with Gasteiger partial charge in [-0.15, -0.1) is 0 Å². The van der Waals surface area contributed by atoms with Crippen LogP contribution in [0.2, 0.25) is 0 Å². The highest BCUT2D eigenvalue weighted by Crippen LogP contribution is 2.33. The number of hydrogen-bond acceptors (Lipinski definition) is 3. The molecule has 1 saturated heterocycles. The van der Waals surface area contributed by atoms with E-state index in [1.165, 1.54) is 0 Å². The summed E-state index contributed by atoms with van der Waals surface area (Å²) in [4.78, 5) is 24.6. The molecule has 0 aromatic rings. The second kappa shape index (κ2) is 4.88. The third-order valence-corrected chi connectivity index (χ3v) is 4.17. The van der Waals surface area contributed by atoms with Gasteiger partial charge in [0.15, 0.2) is 0 Å². The standard InChI is InChI=1S/C13H22N2O3/c1-9-3-2-4-13(14,6-9)12(18)15-7-10(8-15)5-11(16)17/h9-10H,2-8,14H2,1H3,(H,16,17). The van der Waals surface area contributed by atoms with Crippen LogP contribution in [0.1, 0.15) is 39.0 Å². The molecule has 1 heterocycles. The first-order chi connectivity index (χ1) is 8.40. The van der Waals surface area contributed by atoms with E-state index in [1.54, 1.807) is 4.90 Å². The number of amides is 1. The zero-order valence-electron chi connectivity index (χ0n) is 10.9. The molecule has 1 amide bonds. The molecular weight excluding hydrogens is 232 g/mol. The summed E-state index contributed by atoms with van der Waals surface area (Å²) in [7, 11) is 0. The van der Waals surface area contributed by atoms with Crippen molar-refractivity contribution < 1.29 is 14.7 Å². The van der Waals surface area contributed by atoms with Crippen LogP contribution in [0.4, 0.5) is 0 Å². The Kier molecular flexibility index (Phi) is 3.61. The van der Waals surface area contributed by atoms with Gasteiger partial charge in [-0.25, -0.2) is 0 Å². The highest BCUT2D eigenvalue weighted by Gasteiger charge is 2.44. The van der Waals surface area contributed by atoms with Crippen LogP contribution in [0.3, 0.4) is 0 Å². The molecule has 0 radical (unpaired) electrons. The Morgan fingerprint density at radius 1 is 1.44 bits per heavy atom. The van der Waals surface area contributed by atoms with Crippen LogP contribution in [0.5, 0.6) is 0 Å². The third kappa shape index (κ3) is 2.66. The van der Waals surface area contributed by atoms with Crippen LogP contribution in [0, 0.1) is 11.8 Å². The summed E-state index contributed by atoms with van der Waals surface area (Å²) in [5.41, 5.74) is 5.54. The molecule has 0 spiro atoms. The number of likely N-dealkylation sites (tertiary alicyclic amines) is 1. The van der Waals surface area contributed by atoms with Crippen LogP contribution in [0.25, 0.3) is 0 Å². The Bertz CT molecular complexity index is 352. The zero-order chi connectivity index (χ0) is 13.3. The number of nitrogens with zero attached hydrogens (tertiary/aromatic N) is 1. The van der Waals surface area contributed by atoms with Gasteiger partial charge in [0.05, 0.1) is 12.0 Å². The van der Waals surface area contributed by atoms with Crippen LogP contribution in [-0.2, 0) is 9.59 Å². The SMILES string of the molecule is CC1CCCC(N)(C(=O)N2CC(CC(=O)O)C2)C1. The van der Waals surface area contributed by atoms with E-state index in [-0.39, 0.29) is 18.2 Å². The van der Waals surface area contributed by atoms with E-state index in [1.807, 2.05) is 0 Å². The molecule has 0 bridgehead atoms. The van der Waals surface area contributed by atoms with E-state index < -0.39 is 11.5 Å². The second-order valence-electron chi connectivity index (χ2n) is 6.03. The topological polar surface area (TPSA) is 83.6 Å². The summed E-state index contributed by atoms with van der Waals surface area (Å²) in [5.74, 6) is -0.156. The number of carboxylic acid groups (broad SMARTS) is 1. The number of carbonyl (C=O) groups is 2. The van der Waals surface area contributed by atoms with Crippen LogP contribution >= 0.6 is 0 Å². The molecule has 102 valence electrons. The van der Waals surface area contributed by atoms with Gasteiger partial charge in [0.25, 0.3) is 0 Å². The number of aliphatic carboxylic acids is 1. The van der Waals surface area contributed by atoms with Gasteiger partial charge in [-0.1, -0.05) is 19.8 Å². The van der Waals surface area contributed by atoms with Crippen molar-refractivity contribution in [3.8, 4) is 0 Å². The monoisotopic (exact) mass is 254 g/mol. The summed E-state index contributed by atoms with van der Waals surface area (Å²) in [6.45, 7) is 3.24.